The minimum Gasteiger partial charge on any atom is -0.494 e. The van der Waals surface area contributed by atoms with Crippen molar-refractivity contribution in [3.63, 3.8) is 0 Å². The predicted molar refractivity (Wildman–Crippen MR) is 116 cm³/mol. The summed E-state index contributed by atoms with van der Waals surface area (Å²) in [4.78, 5) is 13.9. The van der Waals surface area contributed by atoms with Gasteiger partial charge in [-0.3, -0.25) is 4.90 Å². The van der Waals surface area contributed by atoms with Crippen LogP contribution in [-0.4, -0.2) is 25.3 Å². The van der Waals surface area contributed by atoms with Crippen LogP contribution in [0.15, 0.2) is 24.3 Å². The molecule has 1 saturated heterocycles. The molecule has 0 aliphatic carbocycles. The van der Waals surface area contributed by atoms with E-state index >= 15 is 0 Å². The Morgan fingerprint density at radius 2 is 1.50 bits per heavy atom. The number of amides is 1. The zero-order valence-electron chi connectivity index (χ0n) is 18.0. The first kappa shape index (κ1) is 22.6. The lowest BCUT2D eigenvalue weighted by Crippen LogP contribution is -2.24. The molecule has 0 spiro atoms. The Bertz CT molecular complexity index is 543. The summed E-state index contributed by atoms with van der Waals surface area (Å²) in [6, 6.07) is 7.83. The normalized spacial score (nSPS) is 16.4. The summed E-state index contributed by atoms with van der Waals surface area (Å²) in [7, 11) is 0. The molecule has 4 nitrogen and oxygen atoms in total. The van der Waals surface area contributed by atoms with E-state index in [1.807, 2.05) is 24.3 Å². The summed E-state index contributed by atoms with van der Waals surface area (Å²) in [6.45, 7) is 5.88. The van der Waals surface area contributed by atoms with Crippen LogP contribution in [0.25, 0.3) is 0 Å². The van der Waals surface area contributed by atoms with Crippen LogP contribution in [0.2, 0.25) is 0 Å². The Morgan fingerprint density at radius 3 is 2.18 bits per heavy atom. The quantitative estimate of drug-likeness (QED) is 0.300. The van der Waals surface area contributed by atoms with Gasteiger partial charge in [-0.05, 0) is 43.5 Å². The van der Waals surface area contributed by atoms with Crippen molar-refractivity contribution in [3.8, 4) is 5.75 Å². The first-order valence-electron chi connectivity index (χ1n) is 11.5. The first-order valence-corrected chi connectivity index (χ1v) is 11.5. The lowest BCUT2D eigenvalue weighted by Gasteiger charge is -2.14. The molecule has 1 aromatic rings. The standard InChI is InChI=1S/C24H39NO3/c1-3-5-7-9-10-11-13-19-27-22-17-15-21(16-18-22)25-20-23(28-24(25)26)14-12-8-6-4-2/h15-18,23H,3-14,19-20H2,1-2H3/t23-/m1/s1. The fraction of sp³-hybridized carbons (Fsp3) is 0.708. The van der Waals surface area contributed by atoms with Gasteiger partial charge in [-0.1, -0.05) is 71.6 Å². The van der Waals surface area contributed by atoms with Gasteiger partial charge in [-0.15, -0.1) is 0 Å². The third-order valence-electron chi connectivity index (χ3n) is 5.42. The molecule has 0 radical (unpaired) electrons. The molecule has 0 saturated carbocycles. The summed E-state index contributed by atoms with van der Waals surface area (Å²) in [6.07, 6.45) is 14.6. The lowest BCUT2D eigenvalue weighted by molar-refractivity contribution is 0.135. The SMILES string of the molecule is CCCCCCCCCOc1ccc(N2C[C@@H](CCCCCC)OC2=O)cc1. The molecule has 0 unspecified atom stereocenters. The van der Waals surface area contributed by atoms with Crippen LogP contribution in [0.3, 0.4) is 0 Å². The monoisotopic (exact) mass is 389 g/mol. The maximum atomic E-state index is 12.2. The number of nitrogens with zero attached hydrogens (tertiary/aromatic N) is 1. The zero-order chi connectivity index (χ0) is 20.0. The molecule has 1 aromatic carbocycles. The number of hydrogen-bond donors (Lipinski definition) is 0. The zero-order valence-corrected chi connectivity index (χ0v) is 18.0. The Hall–Kier alpha value is -1.71. The number of hydrogen-bond acceptors (Lipinski definition) is 3. The highest BCUT2D eigenvalue weighted by molar-refractivity contribution is 5.89. The number of carbonyl (C=O) groups excluding carboxylic acids is 1. The highest BCUT2D eigenvalue weighted by atomic mass is 16.6. The average molecular weight is 390 g/mol. The van der Waals surface area contributed by atoms with Gasteiger partial charge in [0.2, 0.25) is 0 Å². The Kier molecular flexibility index (Phi) is 10.9. The fourth-order valence-electron chi connectivity index (χ4n) is 3.65. The molecule has 1 atom stereocenters. The average Bonchev–Trinajstić information content (AvgIpc) is 3.08. The van der Waals surface area contributed by atoms with Crippen LogP contribution in [-0.2, 0) is 4.74 Å². The van der Waals surface area contributed by atoms with Crippen molar-refractivity contribution >= 4 is 11.8 Å². The van der Waals surface area contributed by atoms with Gasteiger partial charge >= 0.3 is 6.09 Å². The molecule has 1 amide bonds. The van der Waals surface area contributed by atoms with Crippen molar-refractivity contribution in [2.24, 2.45) is 0 Å². The van der Waals surface area contributed by atoms with Gasteiger partial charge < -0.3 is 9.47 Å². The minimum absolute atomic E-state index is 0.0256. The number of benzene rings is 1. The predicted octanol–water partition coefficient (Wildman–Crippen LogP) is 7.11. The van der Waals surface area contributed by atoms with E-state index in [9.17, 15) is 4.79 Å². The van der Waals surface area contributed by atoms with E-state index < -0.39 is 0 Å². The van der Waals surface area contributed by atoms with E-state index in [1.54, 1.807) is 4.90 Å². The summed E-state index contributed by atoms with van der Waals surface area (Å²) in [5.41, 5.74) is 0.893. The van der Waals surface area contributed by atoms with Gasteiger partial charge in [0.25, 0.3) is 0 Å². The smallest absolute Gasteiger partial charge is 0.414 e. The van der Waals surface area contributed by atoms with Gasteiger partial charge in [-0.2, -0.15) is 0 Å². The summed E-state index contributed by atoms with van der Waals surface area (Å²) >= 11 is 0. The lowest BCUT2D eigenvalue weighted by atomic mass is 10.1. The van der Waals surface area contributed by atoms with E-state index in [4.69, 9.17) is 9.47 Å². The largest absolute Gasteiger partial charge is 0.494 e. The Labute approximate surface area is 171 Å². The molecule has 0 N–H and O–H groups in total. The molecule has 2 rings (SSSR count). The third kappa shape index (κ3) is 8.12. The van der Waals surface area contributed by atoms with Crippen LogP contribution in [0.4, 0.5) is 10.5 Å². The topological polar surface area (TPSA) is 38.8 Å². The number of unbranched alkanes of at least 4 members (excludes halogenated alkanes) is 9. The molecule has 4 heteroatoms. The number of anilines is 1. The van der Waals surface area contributed by atoms with Crippen molar-refractivity contribution in [2.75, 3.05) is 18.1 Å². The molecule has 0 bridgehead atoms. The molecule has 158 valence electrons. The molecular weight excluding hydrogens is 350 g/mol. The Balaban J connectivity index is 1.65. The molecule has 1 aliphatic heterocycles. The summed E-state index contributed by atoms with van der Waals surface area (Å²) in [5, 5.41) is 0. The van der Waals surface area contributed by atoms with Gasteiger partial charge in [0.05, 0.1) is 13.2 Å². The second kappa shape index (κ2) is 13.5. The van der Waals surface area contributed by atoms with Crippen molar-refractivity contribution in [1.29, 1.82) is 0 Å². The van der Waals surface area contributed by atoms with E-state index in [2.05, 4.69) is 13.8 Å². The Morgan fingerprint density at radius 1 is 0.893 bits per heavy atom. The second-order valence-electron chi connectivity index (χ2n) is 7.93. The van der Waals surface area contributed by atoms with Gasteiger partial charge in [0.15, 0.2) is 0 Å². The van der Waals surface area contributed by atoms with Crippen molar-refractivity contribution in [2.45, 2.75) is 97.0 Å². The van der Waals surface area contributed by atoms with Gasteiger partial charge in [0, 0.05) is 5.69 Å². The van der Waals surface area contributed by atoms with Gasteiger partial charge in [0.1, 0.15) is 11.9 Å². The van der Waals surface area contributed by atoms with Crippen molar-refractivity contribution in [1.82, 2.24) is 0 Å². The number of carbonyl (C=O) groups is 1. The third-order valence-corrected chi connectivity index (χ3v) is 5.42. The minimum atomic E-state index is -0.225. The molecule has 28 heavy (non-hydrogen) atoms. The van der Waals surface area contributed by atoms with E-state index in [0.717, 1.165) is 37.3 Å². The fourth-order valence-corrected chi connectivity index (χ4v) is 3.65. The molecule has 0 aromatic heterocycles. The van der Waals surface area contributed by atoms with Crippen LogP contribution in [0.1, 0.15) is 90.9 Å². The second-order valence-corrected chi connectivity index (χ2v) is 7.93. The summed E-state index contributed by atoms with van der Waals surface area (Å²) in [5.74, 6) is 0.874. The van der Waals surface area contributed by atoms with Crippen LogP contribution in [0.5, 0.6) is 5.75 Å². The molecular formula is C24H39NO3. The van der Waals surface area contributed by atoms with E-state index in [0.29, 0.717) is 6.54 Å². The number of rotatable bonds is 15. The number of cyclic esters (lactones) is 1. The number of ether oxygens (including phenoxy) is 2. The van der Waals surface area contributed by atoms with Gasteiger partial charge in [-0.25, -0.2) is 4.79 Å². The maximum Gasteiger partial charge on any atom is 0.414 e. The van der Waals surface area contributed by atoms with Crippen LogP contribution in [0, 0.1) is 0 Å². The highest BCUT2D eigenvalue weighted by Crippen LogP contribution is 2.26. The van der Waals surface area contributed by atoms with E-state index in [1.165, 1.54) is 57.8 Å². The van der Waals surface area contributed by atoms with Crippen LogP contribution < -0.4 is 9.64 Å². The van der Waals surface area contributed by atoms with E-state index in [-0.39, 0.29) is 12.2 Å². The summed E-state index contributed by atoms with van der Waals surface area (Å²) < 4.78 is 11.4. The van der Waals surface area contributed by atoms with Crippen molar-refractivity contribution < 1.29 is 14.3 Å². The first-order chi connectivity index (χ1) is 13.7. The molecule has 1 fully saturated rings. The molecule has 1 aliphatic rings. The van der Waals surface area contributed by atoms with Crippen LogP contribution >= 0.6 is 0 Å². The highest BCUT2D eigenvalue weighted by Gasteiger charge is 2.31. The molecule has 1 heterocycles. The maximum absolute atomic E-state index is 12.2. The van der Waals surface area contributed by atoms with Crippen molar-refractivity contribution in [3.05, 3.63) is 24.3 Å².